The number of hydrogen-bond acceptors (Lipinski definition) is 7. The van der Waals surface area contributed by atoms with Crippen molar-refractivity contribution < 1.29 is 17.9 Å². The van der Waals surface area contributed by atoms with Crippen molar-refractivity contribution in [2.24, 2.45) is 0 Å². The molecular formula is C16H16N6O4S. The summed E-state index contributed by atoms with van der Waals surface area (Å²) in [5, 5.41) is 13.5. The van der Waals surface area contributed by atoms with Gasteiger partial charge in [0.05, 0.1) is 17.7 Å². The Balaban J connectivity index is 1.87. The zero-order valence-corrected chi connectivity index (χ0v) is 15.3. The highest BCUT2D eigenvalue weighted by Gasteiger charge is 2.16. The van der Waals surface area contributed by atoms with E-state index in [0.29, 0.717) is 22.8 Å². The number of benzene rings is 2. The minimum absolute atomic E-state index is 0.0522. The molecule has 2 aromatic carbocycles. The van der Waals surface area contributed by atoms with Gasteiger partial charge in [-0.05, 0) is 52.9 Å². The Morgan fingerprint density at radius 2 is 1.81 bits per heavy atom. The SMILES string of the molecule is COc1ccc(NS(=O)(=O)c2ccc(NC(C)=O)cc2)cc1-n1cnnn1. The lowest BCUT2D eigenvalue weighted by molar-refractivity contribution is -0.114. The summed E-state index contributed by atoms with van der Waals surface area (Å²) in [4.78, 5) is 11.1. The number of amides is 1. The molecule has 0 saturated heterocycles. The van der Waals surface area contributed by atoms with E-state index in [9.17, 15) is 13.2 Å². The van der Waals surface area contributed by atoms with Crippen LogP contribution in [0.1, 0.15) is 6.92 Å². The van der Waals surface area contributed by atoms with Gasteiger partial charge in [-0.1, -0.05) is 0 Å². The van der Waals surface area contributed by atoms with E-state index in [4.69, 9.17) is 4.74 Å². The highest BCUT2D eigenvalue weighted by atomic mass is 32.2. The number of sulfonamides is 1. The van der Waals surface area contributed by atoms with E-state index >= 15 is 0 Å². The van der Waals surface area contributed by atoms with Crippen LogP contribution in [0.25, 0.3) is 5.69 Å². The van der Waals surface area contributed by atoms with Gasteiger partial charge in [-0.2, -0.15) is 4.68 Å². The van der Waals surface area contributed by atoms with Crippen molar-refractivity contribution in [2.45, 2.75) is 11.8 Å². The smallest absolute Gasteiger partial charge is 0.261 e. The molecule has 0 aliphatic heterocycles. The molecule has 0 fully saturated rings. The number of carbonyl (C=O) groups excluding carboxylic acids is 1. The number of tetrazole rings is 1. The normalized spacial score (nSPS) is 11.0. The average Bonchev–Trinajstić information content (AvgIpc) is 3.16. The molecule has 0 spiro atoms. The number of carbonyl (C=O) groups is 1. The van der Waals surface area contributed by atoms with Gasteiger partial charge in [0.15, 0.2) is 0 Å². The number of rotatable bonds is 6. The number of methoxy groups -OCH3 is 1. The molecule has 3 aromatic rings. The van der Waals surface area contributed by atoms with Gasteiger partial charge in [0.1, 0.15) is 17.8 Å². The summed E-state index contributed by atoms with van der Waals surface area (Å²) in [6.07, 6.45) is 1.37. The van der Waals surface area contributed by atoms with E-state index in [-0.39, 0.29) is 10.8 Å². The molecule has 3 rings (SSSR count). The van der Waals surface area contributed by atoms with Crippen LogP contribution >= 0.6 is 0 Å². The molecule has 27 heavy (non-hydrogen) atoms. The molecule has 2 N–H and O–H groups in total. The van der Waals surface area contributed by atoms with Crippen molar-refractivity contribution in [3.63, 3.8) is 0 Å². The lowest BCUT2D eigenvalue weighted by Crippen LogP contribution is -2.14. The number of anilines is 2. The summed E-state index contributed by atoms with van der Waals surface area (Å²) in [7, 11) is -2.34. The molecule has 1 aromatic heterocycles. The average molecular weight is 388 g/mol. The molecule has 11 heteroatoms. The number of nitrogens with zero attached hydrogens (tertiary/aromatic N) is 4. The molecule has 10 nitrogen and oxygen atoms in total. The predicted octanol–water partition coefficient (Wildman–Crippen LogP) is 1.43. The van der Waals surface area contributed by atoms with Gasteiger partial charge >= 0.3 is 0 Å². The van der Waals surface area contributed by atoms with Crippen molar-refractivity contribution in [1.82, 2.24) is 20.2 Å². The molecule has 0 aliphatic rings. The first kappa shape index (κ1) is 18.3. The molecule has 1 amide bonds. The van der Waals surface area contributed by atoms with Gasteiger partial charge in [-0.3, -0.25) is 9.52 Å². The topological polar surface area (TPSA) is 128 Å². The maximum absolute atomic E-state index is 12.6. The van der Waals surface area contributed by atoms with E-state index in [1.54, 1.807) is 18.2 Å². The van der Waals surface area contributed by atoms with Gasteiger partial charge in [-0.25, -0.2) is 8.42 Å². The predicted molar refractivity (Wildman–Crippen MR) is 97.3 cm³/mol. The third kappa shape index (κ3) is 4.20. The van der Waals surface area contributed by atoms with Crippen LogP contribution in [0.2, 0.25) is 0 Å². The number of ether oxygens (including phenoxy) is 1. The fourth-order valence-electron chi connectivity index (χ4n) is 2.34. The van der Waals surface area contributed by atoms with Crippen LogP contribution in [0.15, 0.2) is 53.7 Å². The minimum Gasteiger partial charge on any atom is -0.494 e. The van der Waals surface area contributed by atoms with Gasteiger partial charge in [0.2, 0.25) is 5.91 Å². The summed E-state index contributed by atoms with van der Waals surface area (Å²) in [5.41, 5.74) is 1.29. The number of nitrogens with one attached hydrogen (secondary N) is 2. The van der Waals surface area contributed by atoms with Crippen LogP contribution in [0.4, 0.5) is 11.4 Å². The monoisotopic (exact) mass is 388 g/mol. The number of aromatic nitrogens is 4. The maximum atomic E-state index is 12.6. The fraction of sp³-hybridized carbons (Fsp3) is 0.125. The van der Waals surface area contributed by atoms with E-state index < -0.39 is 10.0 Å². The van der Waals surface area contributed by atoms with Gasteiger partial charge in [0, 0.05) is 12.6 Å². The van der Waals surface area contributed by atoms with Crippen LogP contribution < -0.4 is 14.8 Å². The lowest BCUT2D eigenvalue weighted by Gasteiger charge is -2.12. The Morgan fingerprint density at radius 1 is 1.11 bits per heavy atom. The standard InChI is InChI=1S/C16H16N6O4S/c1-11(23)18-12-3-6-14(7-4-12)27(24,25)19-13-5-8-16(26-2)15(9-13)22-10-17-20-21-22/h3-10,19H,1-2H3,(H,18,23). The lowest BCUT2D eigenvalue weighted by atomic mass is 10.2. The third-order valence-corrected chi connectivity index (χ3v) is 4.91. The number of hydrogen-bond donors (Lipinski definition) is 2. The van der Waals surface area contributed by atoms with Crippen LogP contribution in [0.3, 0.4) is 0 Å². The highest BCUT2D eigenvalue weighted by molar-refractivity contribution is 7.92. The van der Waals surface area contributed by atoms with E-state index in [1.165, 1.54) is 49.3 Å². The molecule has 1 heterocycles. The van der Waals surface area contributed by atoms with Gasteiger partial charge in [0.25, 0.3) is 10.0 Å². The highest BCUT2D eigenvalue weighted by Crippen LogP contribution is 2.27. The Labute approximate surface area is 155 Å². The van der Waals surface area contributed by atoms with Crippen LogP contribution in [-0.2, 0) is 14.8 Å². The van der Waals surface area contributed by atoms with E-state index in [1.807, 2.05) is 0 Å². The van der Waals surface area contributed by atoms with Crippen molar-refractivity contribution in [1.29, 1.82) is 0 Å². The molecule has 0 radical (unpaired) electrons. The first-order valence-corrected chi connectivity index (χ1v) is 9.19. The molecule has 0 atom stereocenters. The summed E-state index contributed by atoms with van der Waals surface area (Å²) in [6.45, 7) is 1.37. The van der Waals surface area contributed by atoms with E-state index in [0.717, 1.165) is 0 Å². The van der Waals surface area contributed by atoms with Crippen molar-refractivity contribution in [3.05, 3.63) is 48.8 Å². The minimum atomic E-state index is -3.83. The second-order valence-electron chi connectivity index (χ2n) is 5.45. The Morgan fingerprint density at radius 3 is 2.41 bits per heavy atom. The fourth-order valence-corrected chi connectivity index (χ4v) is 3.39. The van der Waals surface area contributed by atoms with Crippen LogP contribution in [-0.4, -0.2) is 41.6 Å². The van der Waals surface area contributed by atoms with Crippen LogP contribution in [0.5, 0.6) is 5.75 Å². The maximum Gasteiger partial charge on any atom is 0.261 e. The van der Waals surface area contributed by atoms with Gasteiger partial charge < -0.3 is 10.1 Å². The second-order valence-corrected chi connectivity index (χ2v) is 7.13. The molecule has 0 saturated carbocycles. The zero-order chi connectivity index (χ0) is 19.4. The molecule has 0 aliphatic carbocycles. The summed E-state index contributed by atoms with van der Waals surface area (Å²) in [5.74, 6) is 0.238. The Kier molecular flexibility index (Phi) is 5.03. The molecule has 140 valence electrons. The van der Waals surface area contributed by atoms with E-state index in [2.05, 4.69) is 25.6 Å². The van der Waals surface area contributed by atoms with Crippen molar-refractivity contribution in [2.75, 3.05) is 17.1 Å². The van der Waals surface area contributed by atoms with Crippen LogP contribution in [0, 0.1) is 0 Å². The first-order chi connectivity index (χ1) is 12.9. The molecular weight excluding hydrogens is 372 g/mol. The summed E-state index contributed by atoms with van der Waals surface area (Å²) in [6, 6.07) is 10.6. The summed E-state index contributed by atoms with van der Waals surface area (Å²) >= 11 is 0. The quantitative estimate of drug-likeness (QED) is 0.654. The largest absolute Gasteiger partial charge is 0.494 e. The Hall–Kier alpha value is -3.47. The Bertz CT molecular complexity index is 1050. The molecule has 0 bridgehead atoms. The van der Waals surface area contributed by atoms with Gasteiger partial charge in [-0.15, -0.1) is 5.10 Å². The first-order valence-electron chi connectivity index (χ1n) is 7.71. The summed E-state index contributed by atoms with van der Waals surface area (Å²) < 4.78 is 34.3. The van der Waals surface area contributed by atoms with Crippen molar-refractivity contribution in [3.8, 4) is 11.4 Å². The van der Waals surface area contributed by atoms with Crippen molar-refractivity contribution >= 4 is 27.3 Å². The third-order valence-electron chi connectivity index (χ3n) is 3.51. The molecule has 0 unspecified atom stereocenters. The zero-order valence-electron chi connectivity index (χ0n) is 14.4. The second kappa shape index (κ2) is 7.41.